The van der Waals surface area contributed by atoms with Gasteiger partial charge in [-0.05, 0) is 43.2 Å². The van der Waals surface area contributed by atoms with E-state index < -0.39 is 35.6 Å². The number of nitrogens with one attached hydrogen (secondary N) is 1. The van der Waals surface area contributed by atoms with Gasteiger partial charge in [-0.3, -0.25) is 24.6 Å². The van der Waals surface area contributed by atoms with Gasteiger partial charge in [0.05, 0.1) is 22.7 Å². The second-order valence-electron chi connectivity index (χ2n) is 7.41. The van der Waals surface area contributed by atoms with Crippen molar-refractivity contribution in [1.82, 2.24) is 10.4 Å². The third-order valence-corrected chi connectivity index (χ3v) is 5.97. The molecule has 0 radical (unpaired) electrons. The number of hydrogen-bond donors (Lipinski definition) is 1. The largest absolute Gasteiger partial charge is 0.274 e. The lowest BCUT2D eigenvalue weighted by atomic mass is 10.0. The van der Waals surface area contributed by atoms with E-state index in [0.717, 1.165) is 9.91 Å². The molecule has 4 amide bonds. The molecule has 0 saturated carbocycles. The summed E-state index contributed by atoms with van der Waals surface area (Å²) < 4.78 is 0. The molecule has 1 aliphatic rings. The summed E-state index contributed by atoms with van der Waals surface area (Å²) >= 11 is 12.0. The molecule has 1 aliphatic heterocycles. The van der Waals surface area contributed by atoms with E-state index in [2.05, 4.69) is 5.43 Å². The maximum absolute atomic E-state index is 13.3. The highest BCUT2D eigenvalue weighted by atomic mass is 35.5. The molecule has 1 fully saturated rings. The van der Waals surface area contributed by atoms with E-state index in [1.807, 2.05) is 13.8 Å². The molecule has 1 saturated heterocycles. The zero-order valence-electron chi connectivity index (χ0n) is 17.7. The lowest BCUT2D eigenvalue weighted by Crippen LogP contribution is -2.56. The molecule has 0 spiro atoms. The van der Waals surface area contributed by atoms with Gasteiger partial charge >= 0.3 is 0 Å². The van der Waals surface area contributed by atoms with Crippen LogP contribution < -0.4 is 10.3 Å². The maximum Gasteiger partial charge on any atom is 0.271 e. The van der Waals surface area contributed by atoms with Crippen molar-refractivity contribution < 1.29 is 19.2 Å². The molecule has 168 valence electrons. The van der Waals surface area contributed by atoms with Gasteiger partial charge in [0, 0.05) is 10.9 Å². The number of hydrogen-bond acceptors (Lipinski definition) is 4. The normalized spacial score (nSPS) is 15.9. The number of para-hydroxylation sites is 1. The van der Waals surface area contributed by atoms with Gasteiger partial charge in [0.1, 0.15) is 6.04 Å². The Hall–Kier alpha value is -2.90. The Balaban J connectivity index is 1.94. The predicted molar refractivity (Wildman–Crippen MR) is 122 cm³/mol. The molecule has 9 heteroatoms. The number of halogens is 2. The van der Waals surface area contributed by atoms with Crippen LogP contribution >= 0.6 is 23.2 Å². The molecule has 1 unspecified atom stereocenters. The average Bonchev–Trinajstić information content (AvgIpc) is 3.06. The van der Waals surface area contributed by atoms with Crippen molar-refractivity contribution in [2.45, 2.75) is 39.2 Å². The van der Waals surface area contributed by atoms with Gasteiger partial charge in [-0.15, -0.1) is 0 Å². The Morgan fingerprint density at radius 3 is 2.34 bits per heavy atom. The molecule has 2 aromatic carbocycles. The Kier molecular flexibility index (Phi) is 7.53. The standard InChI is InChI=1S/C23H23Cl2N3O4/c1-3-14(4-2)22(31)28(26-21(30)17-11-10-15(24)12-18(17)25)19-13-20(29)27(23(19)32)16-8-6-5-7-9-16/h5-12,14,19H,3-4,13H2,1-2H3,(H,26,30). The fourth-order valence-electron chi connectivity index (χ4n) is 3.63. The lowest BCUT2D eigenvalue weighted by Gasteiger charge is -2.30. The van der Waals surface area contributed by atoms with Crippen molar-refractivity contribution in [3.05, 3.63) is 64.1 Å². The smallest absolute Gasteiger partial charge is 0.271 e. The van der Waals surface area contributed by atoms with E-state index in [0.29, 0.717) is 23.6 Å². The summed E-state index contributed by atoms with van der Waals surface area (Å²) in [7, 11) is 0. The van der Waals surface area contributed by atoms with Crippen LogP contribution in [0.1, 0.15) is 43.5 Å². The van der Waals surface area contributed by atoms with Crippen LogP contribution in [0.4, 0.5) is 5.69 Å². The summed E-state index contributed by atoms with van der Waals surface area (Å²) in [5.74, 6) is -2.57. The van der Waals surface area contributed by atoms with E-state index in [1.54, 1.807) is 30.3 Å². The fourth-order valence-corrected chi connectivity index (χ4v) is 4.12. The zero-order valence-corrected chi connectivity index (χ0v) is 19.2. The first-order valence-electron chi connectivity index (χ1n) is 10.3. The lowest BCUT2D eigenvalue weighted by molar-refractivity contribution is -0.145. The third-order valence-electron chi connectivity index (χ3n) is 5.42. The summed E-state index contributed by atoms with van der Waals surface area (Å²) in [4.78, 5) is 53.2. The second kappa shape index (κ2) is 10.1. The van der Waals surface area contributed by atoms with Crippen LogP contribution in [0.5, 0.6) is 0 Å². The van der Waals surface area contributed by atoms with Crippen LogP contribution in [0.25, 0.3) is 0 Å². The highest BCUT2D eigenvalue weighted by Crippen LogP contribution is 2.27. The molecular formula is C23H23Cl2N3O4. The van der Waals surface area contributed by atoms with Gasteiger partial charge in [0.2, 0.25) is 11.8 Å². The van der Waals surface area contributed by atoms with E-state index in [4.69, 9.17) is 23.2 Å². The first-order chi connectivity index (χ1) is 15.3. The molecule has 1 heterocycles. The molecule has 0 bridgehead atoms. The number of carbonyl (C=O) groups excluding carboxylic acids is 4. The zero-order chi connectivity index (χ0) is 23.4. The predicted octanol–water partition coefficient (Wildman–Crippen LogP) is 4.24. The van der Waals surface area contributed by atoms with E-state index >= 15 is 0 Å². The van der Waals surface area contributed by atoms with Gasteiger partial charge in [0.25, 0.3) is 11.8 Å². The molecule has 2 aromatic rings. The fraction of sp³-hybridized carbons (Fsp3) is 0.304. The minimum Gasteiger partial charge on any atom is -0.274 e. The van der Waals surface area contributed by atoms with Gasteiger partial charge in [0.15, 0.2) is 0 Å². The minimum atomic E-state index is -1.16. The molecule has 0 aliphatic carbocycles. The topological polar surface area (TPSA) is 86.8 Å². The van der Waals surface area contributed by atoms with Crippen molar-refractivity contribution >= 4 is 52.5 Å². The summed E-state index contributed by atoms with van der Waals surface area (Å²) in [5, 5.41) is 1.45. The first-order valence-corrected chi connectivity index (χ1v) is 11.0. The number of anilines is 1. The number of nitrogens with zero attached hydrogens (tertiary/aromatic N) is 2. The van der Waals surface area contributed by atoms with E-state index in [9.17, 15) is 19.2 Å². The summed E-state index contributed by atoms with van der Waals surface area (Å²) in [6.07, 6.45) is 0.787. The molecule has 7 nitrogen and oxygen atoms in total. The minimum absolute atomic E-state index is 0.0927. The highest BCUT2D eigenvalue weighted by Gasteiger charge is 2.46. The van der Waals surface area contributed by atoms with Crippen LogP contribution in [0.3, 0.4) is 0 Å². The Morgan fingerprint density at radius 1 is 1.09 bits per heavy atom. The average molecular weight is 476 g/mol. The Labute approximate surface area is 196 Å². The van der Waals surface area contributed by atoms with Crippen molar-refractivity contribution in [2.24, 2.45) is 5.92 Å². The Morgan fingerprint density at radius 2 is 1.75 bits per heavy atom. The van der Waals surface area contributed by atoms with Crippen LogP contribution in [0, 0.1) is 5.92 Å². The molecule has 0 aromatic heterocycles. The van der Waals surface area contributed by atoms with E-state index in [-0.39, 0.29) is 17.0 Å². The van der Waals surface area contributed by atoms with Gasteiger partial charge in [-0.1, -0.05) is 55.2 Å². The molecule has 1 N–H and O–H groups in total. The SMILES string of the molecule is CCC(CC)C(=O)N(NC(=O)c1ccc(Cl)cc1Cl)C1CC(=O)N(c2ccccc2)C1=O. The number of hydrazine groups is 1. The first kappa shape index (κ1) is 23.8. The van der Waals surface area contributed by atoms with Crippen molar-refractivity contribution in [3.63, 3.8) is 0 Å². The number of imide groups is 1. The third kappa shape index (κ3) is 4.79. The van der Waals surface area contributed by atoms with Crippen LogP contribution in [0.15, 0.2) is 48.5 Å². The number of rotatable bonds is 6. The number of amides is 4. The summed E-state index contributed by atoms with van der Waals surface area (Å²) in [5.41, 5.74) is 3.03. The summed E-state index contributed by atoms with van der Waals surface area (Å²) in [6.45, 7) is 3.69. The molecule has 3 rings (SSSR count). The van der Waals surface area contributed by atoms with Gasteiger partial charge in [-0.25, -0.2) is 9.91 Å². The monoisotopic (exact) mass is 475 g/mol. The molecular weight excluding hydrogens is 453 g/mol. The second-order valence-corrected chi connectivity index (χ2v) is 8.25. The van der Waals surface area contributed by atoms with Crippen molar-refractivity contribution in [1.29, 1.82) is 0 Å². The van der Waals surface area contributed by atoms with Crippen LogP contribution in [-0.4, -0.2) is 34.7 Å². The number of carbonyl (C=O) groups is 4. The van der Waals surface area contributed by atoms with Crippen LogP contribution in [0.2, 0.25) is 10.0 Å². The van der Waals surface area contributed by atoms with Gasteiger partial charge in [-0.2, -0.15) is 0 Å². The van der Waals surface area contributed by atoms with Crippen molar-refractivity contribution in [2.75, 3.05) is 4.90 Å². The van der Waals surface area contributed by atoms with Crippen molar-refractivity contribution in [3.8, 4) is 0 Å². The molecule has 32 heavy (non-hydrogen) atoms. The maximum atomic E-state index is 13.3. The quantitative estimate of drug-likeness (QED) is 0.499. The van der Waals surface area contributed by atoms with E-state index in [1.165, 1.54) is 18.2 Å². The van der Waals surface area contributed by atoms with Crippen LogP contribution in [-0.2, 0) is 14.4 Å². The Bertz CT molecular complexity index is 1040. The number of benzene rings is 2. The highest BCUT2D eigenvalue weighted by molar-refractivity contribution is 6.36. The molecule has 1 atom stereocenters. The summed E-state index contributed by atoms with van der Waals surface area (Å²) in [6, 6.07) is 11.6. The van der Waals surface area contributed by atoms with Gasteiger partial charge < -0.3 is 0 Å².